The number of amides is 1. The summed E-state index contributed by atoms with van der Waals surface area (Å²) in [4.78, 5) is 16.8. The van der Waals surface area contributed by atoms with Crippen molar-refractivity contribution in [2.75, 3.05) is 17.4 Å². The molecule has 6 nitrogen and oxygen atoms in total. The Morgan fingerprint density at radius 2 is 1.81 bits per heavy atom. The first-order valence-electron chi connectivity index (χ1n) is 8.59. The van der Waals surface area contributed by atoms with E-state index < -0.39 is 0 Å². The van der Waals surface area contributed by atoms with Crippen molar-refractivity contribution in [1.29, 1.82) is 0 Å². The molecule has 0 fully saturated rings. The van der Waals surface area contributed by atoms with Crippen LogP contribution in [-0.4, -0.2) is 17.7 Å². The summed E-state index contributed by atoms with van der Waals surface area (Å²) in [5.41, 5.74) is 5.16. The van der Waals surface area contributed by atoms with Crippen LogP contribution < -0.4 is 20.1 Å². The molecule has 1 aliphatic heterocycles. The van der Waals surface area contributed by atoms with Crippen LogP contribution in [0.4, 0.5) is 17.1 Å². The lowest BCUT2D eigenvalue weighted by atomic mass is 10.1. The average molecular weight is 361 g/mol. The largest absolute Gasteiger partial charge is 0.454 e. The highest BCUT2D eigenvalue weighted by Gasteiger charge is 2.15. The fourth-order valence-corrected chi connectivity index (χ4v) is 2.92. The molecule has 136 valence electrons. The van der Waals surface area contributed by atoms with Crippen LogP contribution in [0.5, 0.6) is 11.5 Å². The number of pyridine rings is 1. The first-order valence-corrected chi connectivity index (χ1v) is 8.59. The molecular weight excluding hydrogens is 342 g/mol. The number of fused-ring (bicyclic) bond motifs is 1. The van der Waals surface area contributed by atoms with Crippen molar-refractivity contribution in [3.05, 3.63) is 71.5 Å². The molecule has 1 aromatic heterocycles. The van der Waals surface area contributed by atoms with Crippen LogP contribution in [-0.2, 0) is 0 Å². The number of benzene rings is 2. The summed E-state index contributed by atoms with van der Waals surface area (Å²) in [6.45, 7) is 4.29. The maximum atomic E-state index is 12.6. The molecule has 6 heteroatoms. The Kier molecular flexibility index (Phi) is 4.38. The Morgan fingerprint density at radius 1 is 0.963 bits per heavy atom. The molecule has 1 aliphatic rings. The summed E-state index contributed by atoms with van der Waals surface area (Å²) in [6, 6.07) is 13.2. The third-order valence-electron chi connectivity index (χ3n) is 4.29. The van der Waals surface area contributed by atoms with E-state index in [1.54, 1.807) is 30.5 Å². The van der Waals surface area contributed by atoms with Crippen molar-refractivity contribution in [2.24, 2.45) is 0 Å². The van der Waals surface area contributed by atoms with Crippen LogP contribution in [0.3, 0.4) is 0 Å². The van der Waals surface area contributed by atoms with Gasteiger partial charge in [-0.1, -0.05) is 17.7 Å². The van der Waals surface area contributed by atoms with Gasteiger partial charge in [0.2, 0.25) is 6.79 Å². The SMILES string of the molecule is Cc1ccc(Nc2cncc(C(=O)Nc3ccc4c(c3)OCO4)c2)c(C)c1. The van der Waals surface area contributed by atoms with Crippen molar-refractivity contribution in [2.45, 2.75) is 13.8 Å². The van der Waals surface area contributed by atoms with Gasteiger partial charge in [-0.3, -0.25) is 9.78 Å². The number of nitrogens with one attached hydrogen (secondary N) is 2. The highest BCUT2D eigenvalue weighted by atomic mass is 16.7. The van der Waals surface area contributed by atoms with Gasteiger partial charge in [-0.05, 0) is 43.7 Å². The van der Waals surface area contributed by atoms with Gasteiger partial charge in [0.15, 0.2) is 11.5 Å². The number of hydrogen-bond donors (Lipinski definition) is 2. The monoisotopic (exact) mass is 361 g/mol. The van der Waals surface area contributed by atoms with Gasteiger partial charge < -0.3 is 20.1 Å². The summed E-state index contributed by atoms with van der Waals surface area (Å²) >= 11 is 0. The Hall–Kier alpha value is -3.54. The molecule has 0 saturated heterocycles. The minimum absolute atomic E-state index is 0.197. The second-order valence-electron chi connectivity index (χ2n) is 6.43. The van der Waals surface area contributed by atoms with Gasteiger partial charge in [0.05, 0.1) is 17.4 Å². The number of hydrogen-bond acceptors (Lipinski definition) is 5. The van der Waals surface area contributed by atoms with Gasteiger partial charge in [0.25, 0.3) is 5.91 Å². The predicted octanol–water partition coefficient (Wildman–Crippen LogP) is 4.42. The van der Waals surface area contributed by atoms with Crippen molar-refractivity contribution < 1.29 is 14.3 Å². The molecular formula is C21H19N3O3. The minimum Gasteiger partial charge on any atom is -0.454 e. The molecule has 0 unspecified atom stereocenters. The van der Waals surface area contributed by atoms with E-state index in [1.807, 2.05) is 19.1 Å². The number of aromatic nitrogens is 1. The van der Waals surface area contributed by atoms with Gasteiger partial charge in [0.1, 0.15) is 0 Å². The molecule has 0 bridgehead atoms. The van der Waals surface area contributed by atoms with E-state index in [0.29, 0.717) is 22.7 Å². The molecule has 4 rings (SSSR count). The van der Waals surface area contributed by atoms with E-state index in [2.05, 4.69) is 28.6 Å². The van der Waals surface area contributed by atoms with Crippen molar-refractivity contribution >= 4 is 23.0 Å². The quantitative estimate of drug-likeness (QED) is 0.719. The number of ether oxygens (including phenoxy) is 2. The fraction of sp³-hybridized carbons (Fsp3) is 0.143. The summed E-state index contributed by atoms with van der Waals surface area (Å²) in [5.74, 6) is 1.05. The zero-order chi connectivity index (χ0) is 18.8. The third kappa shape index (κ3) is 3.69. The van der Waals surface area contributed by atoms with Crippen LogP contribution in [0.25, 0.3) is 0 Å². The van der Waals surface area contributed by atoms with Gasteiger partial charge >= 0.3 is 0 Å². The molecule has 0 saturated carbocycles. The molecule has 2 N–H and O–H groups in total. The van der Waals surface area contributed by atoms with E-state index >= 15 is 0 Å². The van der Waals surface area contributed by atoms with Gasteiger partial charge in [-0.2, -0.15) is 0 Å². The number of aryl methyl sites for hydroxylation is 2. The first-order chi connectivity index (χ1) is 13.1. The summed E-state index contributed by atoms with van der Waals surface area (Å²) in [6.07, 6.45) is 3.23. The van der Waals surface area contributed by atoms with E-state index in [-0.39, 0.29) is 12.7 Å². The van der Waals surface area contributed by atoms with Crippen molar-refractivity contribution in [1.82, 2.24) is 4.98 Å². The molecule has 0 aliphatic carbocycles. The maximum Gasteiger partial charge on any atom is 0.257 e. The molecule has 2 heterocycles. The second-order valence-corrected chi connectivity index (χ2v) is 6.43. The molecule has 3 aromatic rings. The number of carbonyl (C=O) groups excluding carboxylic acids is 1. The Labute approximate surface area is 157 Å². The van der Waals surface area contributed by atoms with Crippen LogP contribution in [0, 0.1) is 13.8 Å². The number of carbonyl (C=O) groups is 1. The highest BCUT2D eigenvalue weighted by molar-refractivity contribution is 6.04. The lowest BCUT2D eigenvalue weighted by Crippen LogP contribution is -2.12. The average Bonchev–Trinajstić information content (AvgIpc) is 3.12. The lowest BCUT2D eigenvalue weighted by molar-refractivity contribution is 0.102. The smallest absolute Gasteiger partial charge is 0.257 e. The molecule has 1 amide bonds. The number of rotatable bonds is 4. The minimum atomic E-state index is -0.245. The fourth-order valence-electron chi connectivity index (χ4n) is 2.92. The Balaban J connectivity index is 1.50. The Morgan fingerprint density at radius 3 is 2.67 bits per heavy atom. The van der Waals surface area contributed by atoms with Crippen LogP contribution in [0.15, 0.2) is 54.9 Å². The standard InChI is InChI=1S/C21H19N3O3/c1-13-3-5-18(14(2)7-13)23-17-8-15(10-22-11-17)21(25)24-16-4-6-19-20(9-16)27-12-26-19/h3-11,23H,12H2,1-2H3,(H,24,25). The van der Waals surface area contributed by atoms with E-state index in [0.717, 1.165) is 16.9 Å². The van der Waals surface area contributed by atoms with Gasteiger partial charge in [-0.15, -0.1) is 0 Å². The normalized spacial score (nSPS) is 11.9. The van der Waals surface area contributed by atoms with E-state index in [4.69, 9.17) is 9.47 Å². The van der Waals surface area contributed by atoms with Crippen molar-refractivity contribution in [3.63, 3.8) is 0 Å². The summed E-state index contributed by atoms with van der Waals surface area (Å²) in [5, 5.41) is 6.17. The number of anilines is 3. The molecule has 0 atom stereocenters. The predicted molar refractivity (Wildman–Crippen MR) is 104 cm³/mol. The lowest BCUT2D eigenvalue weighted by Gasteiger charge is -2.11. The van der Waals surface area contributed by atoms with Crippen LogP contribution in [0.1, 0.15) is 21.5 Å². The zero-order valence-electron chi connectivity index (χ0n) is 15.1. The van der Waals surface area contributed by atoms with Crippen LogP contribution in [0.2, 0.25) is 0 Å². The third-order valence-corrected chi connectivity index (χ3v) is 4.29. The topological polar surface area (TPSA) is 72.5 Å². The highest BCUT2D eigenvalue weighted by Crippen LogP contribution is 2.34. The first kappa shape index (κ1) is 16.9. The molecule has 0 spiro atoms. The molecule has 27 heavy (non-hydrogen) atoms. The second kappa shape index (κ2) is 6.99. The molecule has 2 aromatic carbocycles. The summed E-state index contributed by atoms with van der Waals surface area (Å²) in [7, 11) is 0. The number of nitrogens with zero attached hydrogens (tertiary/aromatic N) is 1. The molecule has 0 radical (unpaired) electrons. The zero-order valence-corrected chi connectivity index (χ0v) is 15.1. The van der Waals surface area contributed by atoms with Gasteiger partial charge in [0, 0.05) is 23.6 Å². The van der Waals surface area contributed by atoms with E-state index in [1.165, 1.54) is 11.8 Å². The summed E-state index contributed by atoms with van der Waals surface area (Å²) < 4.78 is 10.6. The Bertz CT molecular complexity index is 1020. The maximum absolute atomic E-state index is 12.6. The van der Waals surface area contributed by atoms with Crippen LogP contribution >= 0.6 is 0 Å². The van der Waals surface area contributed by atoms with Crippen molar-refractivity contribution in [3.8, 4) is 11.5 Å². The van der Waals surface area contributed by atoms with Gasteiger partial charge in [-0.25, -0.2) is 0 Å². The van der Waals surface area contributed by atoms with E-state index in [9.17, 15) is 4.79 Å².